The minimum atomic E-state index is -0.133. The van der Waals surface area contributed by atoms with E-state index in [4.69, 9.17) is 4.74 Å². The van der Waals surface area contributed by atoms with Gasteiger partial charge in [0.05, 0.1) is 12.7 Å². The molecule has 1 amide bonds. The number of aromatic amines is 1. The average Bonchev–Trinajstić information content (AvgIpc) is 2.95. The van der Waals surface area contributed by atoms with Gasteiger partial charge >= 0.3 is 0 Å². The summed E-state index contributed by atoms with van der Waals surface area (Å²) in [7, 11) is 1.58. The van der Waals surface area contributed by atoms with Crippen LogP contribution in [-0.4, -0.2) is 18.0 Å². The highest BCUT2D eigenvalue weighted by molar-refractivity contribution is 5.97. The predicted octanol–water partition coefficient (Wildman–Crippen LogP) is 3.41. The lowest BCUT2D eigenvalue weighted by molar-refractivity contribution is 0.0948. The Hall–Kier alpha value is -2.75. The molecule has 4 nitrogen and oxygen atoms in total. The average molecular weight is 294 g/mol. The molecule has 0 aliphatic heterocycles. The molecule has 3 rings (SSSR count). The highest BCUT2D eigenvalue weighted by Crippen LogP contribution is 2.23. The summed E-state index contributed by atoms with van der Waals surface area (Å²) in [6.07, 6.45) is 1.93. The third kappa shape index (κ3) is 2.55. The van der Waals surface area contributed by atoms with Gasteiger partial charge in [0.2, 0.25) is 0 Å². The number of nitrogens with one attached hydrogen (secondary N) is 2. The van der Waals surface area contributed by atoms with Crippen LogP contribution in [-0.2, 0) is 6.54 Å². The van der Waals surface area contributed by atoms with Crippen molar-refractivity contribution in [1.82, 2.24) is 10.3 Å². The zero-order chi connectivity index (χ0) is 15.5. The maximum absolute atomic E-state index is 12.4. The summed E-state index contributed by atoms with van der Waals surface area (Å²) in [5.41, 5.74) is 3.64. The van der Waals surface area contributed by atoms with Crippen LogP contribution in [0.25, 0.3) is 10.9 Å². The number of amides is 1. The molecule has 0 fully saturated rings. The van der Waals surface area contributed by atoms with Crippen LogP contribution in [0.3, 0.4) is 0 Å². The van der Waals surface area contributed by atoms with E-state index in [1.165, 1.54) is 0 Å². The first-order valence-corrected chi connectivity index (χ1v) is 7.17. The molecule has 0 atom stereocenters. The summed E-state index contributed by atoms with van der Waals surface area (Å²) < 4.78 is 5.34. The van der Waals surface area contributed by atoms with Crippen molar-refractivity contribution in [3.05, 3.63) is 65.4 Å². The second-order valence-corrected chi connectivity index (χ2v) is 5.20. The monoisotopic (exact) mass is 294 g/mol. The molecule has 0 bridgehead atoms. The molecule has 4 heteroatoms. The van der Waals surface area contributed by atoms with Crippen molar-refractivity contribution in [2.45, 2.75) is 13.5 Å². The van der Waals surface area contributed by atoms with Gasteiger partial charge in [0, 0.05) is 23.6 Å². The standard InChI is InChI=1S/C18H18N2O2/c1-12-6-5-8-15(17(12)22-2)18(21)20-11-13-10-19-16-9-4-3-7-14(13)16/h3-10,19H,11H2,1-2H3,(H,20,21). The number of hydrogen-bond donors (Lipinski definition) is 2. The fraction of sp³-hybridized carbons (Fsp3) is 0.167. The highest BCUT2D eigenvalue weighted by Gasteiger charge is 2.14. The molecule has 0 saturated carbocycles. The van der Waals surface area contributed by atoms with Gasteiger partial charge in [0.25, 0.3) is 5.91 Å². The molecular weight excluding hydrogens is 276 g/mol. The van der Waals surface area contributed by atoms with E-state index in [9.17, 15) is 4.79 Å². The number of aryl methyl sites for hydroxylation is 1. The largest absolute Gasteiger partial charge is 0.496 e. The number of fused-ring (bicyclic) bond motifs is 1. The van der Waals surface area contributed by atoms with Gasteiger partial charge < -0.3 is 15.0 Å². The summed E-state index contributed by atoms with van der Waals surface area (Å²) in [6, 6.07) is 13.6. The zero-order valence-corrected chi connectivity index (χ0v) is 12.6. The van der Waals surface area contributed by atoms with Crippen molar-refractivity contribution in [1.29, 1.82) is 0 Å². The minimum absolute atomic E-state index is 0.133. The van der Waals surface area contributed by atoms with Crippen molar-refractivity contribution in [3.8, 4) is 5.75 Å². The van der Waals surface area contributed by atoms with Gasteiger partial charge in [-0.1, -0.05) is 30.3 Å². The van der Waals surface area contributed by atoms with Gasteiger partial charge in [-0.15, -0.1) is 0 Å². The lowest BCUT2D eigenvalue weighted by Gasteiger charge is -2.11. The van der Waals surface area contributed by atoms with E-state index in [2.05, 4.69) is 10.3 Å². The predicted molar refractivity (Wildman–Crippen MR) is 87.2 cm³/mol. The van der Waals surface area contributed by atoms with E-state index in [1.54, 1.807) is 13.2 Å². The van der Waals surface area contributed by atoms with Crippen molar-refractivity contribution < 1.29 is 9.53 Å². The van der Waals surface area contributed by atoms with Crippen LogP contribution < -0.4 is 10.1 Å². The molecule has 1 heterocycles. The Balaban J connectivity index is 1.79. The molecule has 2 N–H and O–H groups in total. The van der Waals surface area contributed by atoms with Crippen LogP contribution in [0.15, 0.2) is 48.7 Å². The summed E-state index contributed by atoms with van der Waals surface area (Å²) in [5, 5.41) is 4.08. The fourth-order valence-corrected chi connectivity index (χ4v) is 2.65. The molecule has 0 unspecified atom stereocenters. The number of aromatic nitrogens is 1. The third-order valence-electron chi connectivity index (χ3n) is 3.77. The van der Waals surface area contributed by atoms with Crippen LogP contribution in [0.1, 0.15) is 21.5 Å². The van der Waals surface area contributed by atoms with Crippen molar-refractivity contribution in [2.24, 2.45) is 0 Å². The second kappa shape index (κ2) is 5.93. The molecule has 3 aromatic rings. The van der Waals surface area contributed by atoms with Crippen LogP contribution >= 0.6 is 0 Å². The molecular formula is C18H18N2O2. The first kappa shape index (κ1) is 14.2. The first-order valence-electron chi connectivity index (χ1n) is 7.17. The number of methoxy groups -OCH3 is 1. The molecule has 0 saturated heterocycles. The summed E-state index contributed by atoms with van der Waals surface area (Å²) in [5.74, 6) is 0.491. The molecule has 0 spiro atoms. The Morgan fingerprint density at radius 2 is 2.00 bits per heavy atom. The number of para-hydroxylation sites is 2. The maximum Gasteiger partial charge on any atom is 0.255 e. The van der Waals surface area contributed by atoms with Crippen molar-refractivity contribution >= 4 is 16.8 Å². The van der Waals surface area contributed by atoms with E-state index in [0.717, 1.165) is 22.0 Å². The summed E-state index contributed by atoms with van der Waals surface area (Å²) in [6.45, 7) is 2.40. The molecule has 2 aromatic carbocycles. The number of rotatable bonds is 4. The molecule has 1 aromatic heterocycles. The number of hydrogen-bond acceptors (Lipinski definition) is 2. The SMILES string of the molecule is COc1c(C)cccc1C(=O)NCc1c[nH]c2ccccc12. The van der Waals surface area contributed by atoms with Crippen LogP contribution in [0.2, 0.25) is 0 Å². The van der Waals surface area contributed by atoms with Gasteiger partial charge in [-0.05, 0) is 30.2 Å². The second-order valence-electron chi connectivity index (χ2n) is 5.20. The van der Waals surface area contributed by atoms with E-state index in [1.807, 2.05) is 49.5 Å². The Labute approximate surface area is 129 Å². The van der Waals surface area contributed by atoms with Crippen molar-refractivity contribution in [3.63, 3.8) is 0 Å². The zero-order valence-electron chi connectivity index (χ0n) is 12.6. The molecule has 0 aliphatic rings. The summed E-state index contributed by atoms with van der Waals surface area (Å²) in [4.78, 5) is 15.6. The van der Waals surface area contributed by atoms with Crippen molar-refractivity contribution in [2.75, 3.05) is 7.11 Å². The van der Waals surface area contributed by atoms with Gasteiger partial charge in [-0.2, -0.15) is 0 Å². The highest BCUT2D eigenvalue weighted by atomic mass is 16.5. The molecule has 0 aliphatic carbocycles. The first-order chi connectivity index (χ1) is 10.7. The van der Waals surface area contributed by atoms with Gasteiger partial charge in [0.15, 0.2) is 0 Å². The Kier molecular flexibility index (Phi) is 3.83. The number of ether oxygens (including phenoxy) is 1. The van der Waals surface area contributed by atoms with Crippen LogP contribution in [0, 0.1) is 6.92 Å². The lowest BCUT2D eigenvalue weighted by Crippen LogP contribution is -2.23. The molecule has 0 radical (unpaired) electrons. The lowest BCUT2D eigenvalue weighted by atomic mass is 10.1. The van der Waals surface area contributed by atoms with E-state index >= 15 is 0 Å². The maximum atomic E-state index is 12.4. The molecule has 112 valence electrons. The molecule has 22 heavy (non-hydrogen) atoms. The van der Waals surface area contributed by atoms with E-state index < -0.39 is 0 Å². The number of carbonyl (C=O) groups is 1. The number of benzene rings is 2. The fourth-order valence-electron chi connectivity index (χ4n) is 2.65. The topological polar surface area (TPSA) is 54.1 Å². The summed E-state index contributed by atoms with van der Waals surface area (Å²) >= 11 is 0. The quantitative estimate of drug-likeness (QED) is 0.774. The van der Waals surface area contributed by atoms with Crippen LogP contribution in [0.4, 0.5) is 0 Å². The van der Waals surface area contributed by atoms with E-state index in [-0.39, 0.29) is 5.91 Å². The van der Waals surface area contributed by atoms with Gasteiger partial charge in [0.1, 0.15) is 5.75 Å². The Morgan fingerprint density at radius 3 is 2.82 bits per heavy atom. The van der Waals surface area contributed by atoms with Gasteiger partial charge in [-0.25, -0.2) is 0 Å². The number of carbonyl (C=O) groups excluding carboxylic acids is 1. The Bertz CT molecular complexity index is 821. The smallest absolute Gasteiger partial charge is 0.255 e. The minimum Gasteiger partial charge on any atom is -0.496 e. The normalized spacial score (nSPS) is 10.6. The van der Waals surface area contributed by atoms with Gasteiger partial charge in [-0.3, -0.25) is 4.79 Å². The van der Waals surface area contributed by atoms with Crippen LogP contribution in [0.5, 0.6) is 5.75 Å². The van der Waals surface area contributed by atoms with E-state index in [0.29, 0.717) is 17.9 Å². The number of H-pyrrole nitrogens is 1. The Morgan fingerprint density at radius 1 is 1.18 bits per heavy atom. The third-order valence-corrected chi connectivity index (χ3v) is 3.77.